The average molecular weight is 339 g/mol. The van der Waals surface area contributed by atoms with Crippen LogP contribution in [0.2, 0.25) is 0 Å². The molecule has 0 aliphatic rings. The van der Waals surface area contributed by atoms with E-state index in [1.165, 1.54) is 0 Å². The molecule has 8 heteroatoms. The zero-order chi connectivity index (χ0) is 16.8. The second kappa shape index (κ2) is 7.68. The number of nitrogens with two attached hydrogens (primary N) is 1. The molecule has 2 rings (SSSR count). The zero-order valence-electron chi connectivity index (χ0n) is 12.1. The first-order valence-electron chi connectivity index (χ1n) is 6.79. The van der Waals surface area contributed by atoms with E-state index >= 15 is 0 Å². The van der Waals surface area contributed by atoms with E-state index in [1.807, 2.05) is 17.5 Å². The van der Waals surface area contributed by atoms with Gasteiger partial charge < -0.3 is 16.4 Å². The van der Waals surface area contributed by atoms with Gasteiger partial charge in [0.05, 0.1) is 17.8 Å². The molecule has 1 heterocycles. The van der Waals surface area contributed by atoms with Crippen molar-refractivity contribution in [2.75, 3.05) is 18.4 Å². The van der Waals surface area contributed by atoms with Gasteiger partial charge in [0.1, 0.15) is 11.6 Å². The molecule has 23 heavy (non-hydrogen) atoms. The molecular weight excluding hydrogens is 324 g/mol. The van der Waals surface area contributed by atoms with Crippen LogP contribution in [-0.4, -0.2) is 24.9 Å². The van der Waals surface area contributed by atoms with Crippen molar-refractivity contribution in [3.05, 3.63) is 51.7 Å². The largest absolute Gasteiger partial charge is 0.374 e. The molecule has 2 aromatic rings. The summed E-state index contributed by atoms with van der Waals surface area (Å²) in [5.41, 5.74) is 4.40. The Bertz CT molecular complexity index is 705. The highest BCUT2D eigenvalue weighted by molar-refractivity contribution is 7.09. The topological polar surface area (TPSA) is 84.2 Å². The SMILES string of the molecule is NC(=O)c1cc(NCC(=O)NCCc2cccs2)c(F)cc1F. The van der Waals surface area contributed by atoms with E-state index in [0.717, 1.165) is 10.9 Å². The Morgan fingerprint density at radius 2 is 2.00 bits per heavy atom. The first-order chi connectivity index (χ1) is 11.0. The zero-order valence-corrected chi connectivity index (χ0v) is 12.9. The highest BCUT2D eigenvalue weighted by atomic mass is 32.1. The first-order valence-corrected chi connectivity index (χ1v) is 7.67. The number of primary amides is 1. The van der Waals surface area contributed by atoms with Crippen LogP contribution in [0.4, 0.5) is 14.5 Å². The molecule has 122 valence electrons. The first kappa shape index (κ1) is 16.9. The second-order valence-corrected chi connectivity index (χ2v) is 5.74. The van der Waals surface area contributed by atoms with Gasteiger partial charge in [-0.25, -0.2) is 8.78 Å². The van der Waals surface area contributed by atoms with Gasteiger partial charge in [0.25, 0.3) is 5.91 Å². The number of nitrogens with one attached hydrogen (secondary N) is 2. The molecule has 4 N–H and O–H groups in total. The smallest absolute Gasteiger partial charge is 0.251 e. The van der Waals surface area contributed by atoms with E-state index in [1.54, 1.807) is 11.3 Å². The predicted octanol–water partition coefficient (Wildman–Crippen LogP) is 1.90. The van der Waals surface area contributed by atoms with Gasteiger partial charge in [-0.1, -0.05) is 6.07 Å². The molecule has 1 aromatic carbocycles. The number of hydrogen-bond acceptors (Lipinski definition) is 4. The van der Waals surface area contributed by atoms with Crippen molar-refractivity contribution in [2.24, 2.45) is 5.73 Å². The lowest BCUT2D eigenvalue weighted by Crippen LogP contribution is -2.31. The molecule has 0 unspecified atom stereocenters. The minimum atomic E-state index is -1.04. The number of rotatable bonds is 7. The molecule has 0 fully saturated rings. The number of hydrogen-bond donors (Lipinski definition) is 3. The fraction of sp³-hybridized carbons (Fsp3) is 0.200. The maximum Gasteiger partial charge on any atom is 0.251 e. The Hall–Kier alpha value is -2.48. The van der Waals surface area contributed by atoms with Crippen molar-refractivity contribution in [2.45, 2.75) is 6.42 Å². The highest BCUT2D eigenvalue weighted by Gasteiger charge is 2.14. The van der Waals surface area contributed by atoms with E-state index in [2.05, 4.69) is 10.6 Å². The van der Waals surface area contributed by atoms with E-state index in [9.17, 15) is 18.4 Å². The number of benzene rings is 1. The standard InChI is InChI=1S/C15H15F2N3O2S/c16-11-7-12(17)13(6-10(11)15(18)22)20-8-14(21)19-4-3-9-2-1-5-23-9/h1-2,5-7,20H,3-4,8H2,(H2,18,22)(H,19,21). The van der Waals surface area contributed by atoms with Gasteiger partial charge >= 0.3 is 0 Å². The lowest BCUT2D eigenvalue weighted by atomic mass is 10.1. The van der Waals surface area contributed by atoms with Crippen LogP contribution < -0.4 is 16.4 Å². The summed E-state index contributed by atoms with van der Waals surface area (Å²) in [4.78, 5) is 23.9. The Morgan fingerprint density at radius 3 is 2.65 bits per heavy atom. The van der Waals surface area contributed by atoms with Gasteiger partial charge in [-0.05, 0) is 23.9 Å². The van der Waals surface area contributed by atoms with Crippen LogP contribution >= 0.6 is 11.3 Å². The maximum absolute atomic E-state index is 13.6. The third-order valence-corrected chi connectivity index (χ3v) is 3.97. The number of amides is 2. The van der Waals surface area contributed by atoms with Crippen LogP contribution in [0.1, 0.15) is 15.2 Å². The summed E-state index contributed by atoms with van der Waals surface area (Å²) in [5, 5.41) is 7.15. The molecule has 0 saturated heterocycles. The number of halogens is 2. The second-order valence-electron chi connectivity index (χ2n) is 4.71. The summed E-state index contributed by atoms with van der Waals surface area (Å²) in [5.74, 6) is -3.29. The summed E-state index contributed by atoms with van der Waals surface area (Å²) in [6.45, 7) is 0.255. The normalized spacial score (nSPS) is 10.3. The number of carbonyl (C=O) groups excluding carboxylic acids is 2. The highest BCUT2D eigenvalue weighted by Crippen LogP contribution is 2.19. The fourth-order valence-corrected chi connectivity index (χ4v) is 2.60. The van der Waals surface area contributed by atoms with Crippen molar-refractivity contribution in [3.63, 3.8) is 0 Å². The molecular formula is C15H15F2N3O2S. The molecule has 0 spiro atoms. The van der Waals surface area contributed by atoms with Crippen LogP contribution in [0, 0.1) is 11.6 Å². The monoisotopic (exact) mass is 339 g/mol. The van der Waals surface area contributed by atoms with Crippen molar-refractivity contribution >= 4 is 28.8 Å². The quantitative estimate of drug-likeness (QED) is 0.720. The van der Waals surface area contributed by atoms with Crippen molar-refractivity contribution in [3.8, 4) is 0 Å². The van der Waals surface area contributed by atoms with Crippen molar-refractivity contribution in [1.82, 2.24) is 5.32 Å². The molecule has 0 bridgehead atoms. The van der Waals surface area contributed by atoms with E-state index in [0.29, 0.717) is 19.0 Å². The van der Waals surface area contributed by atoms with Gasteiger partial charge in [-0.2, -0.15) is 0 Å². The van der Waals surface area contributed by atoms with Gasteiger partial charge in [-0.3, -0.25) is 9.59 Å². The van der Waals surface area contributed by atoms with Gasteiger partial charge in [-0.15, -0.1) is 11.3 Å². The Morgan fingerprint density at radius 1 is 1.22 bits per heavy atom. The predicted molar refractivity (Wildman–Crippen MR) is 84.4 cm³/mol. The Balaban J connectivity index is 1.86. The summed E-state index contributed by atoms with van der Waals surface area (Å²) in [7, 11) is 0. The van der Waals surface area contributed by atoms with Crippen LogP contribution in [0.15, 0.2) is 29.6 Å². The number of carbonyl (C=O) groups is 2. The third kappa shape index (κ3) is 4.75. The Labute approximate surface area is 135 Å². The minimum Gasteiger partial charge on any atom is -0.374 e. The molecule has 0 radical (unpaired) electrons. The van der Waals surface area contributed by atoms with Crippen LogP contribution in [-0.2, 0) is 11.2 Å². The molecule has 0 atom stereocenters. The maximum atomic E-state index is 13.6. The van der Waals surface area contributed by atoms with Gasteiger partial charge in [0.2, 0.25) is 5.91 Å². The summed E-state index contributed by atoms with van der Waals surface area (Å²) < 4.78 is 26.9. The minimum absolute atomic E-state index is 0.159. The Kier molecular flexibility index (Phi) is 5.64. The molecule has 2 amide bonds. The van der Waals surface area contributed by atoms with Crippen molar-refractivity contribution < 1.29 is 18.4 Å². The van der Waals surface area contributed by atoms with Crippen LogP contribution in [0.5, 0.6) is 0 Å². The third-order valence-electron chi connectivity index (χ3n) is 3.04. The molecule has 0 saturated carbocycles. The lowest BCUT2D eigenvalue weighted by molar-refractivity contribution is -0.119. The number of thiophene rings is 1. The molecule has 0 aliphatic heterocycles. The van der Waals surface area contributed by atoms with E-state index in [-0.39, 0.29) is 18.1 Å². The average Bonchev–Trinajstić information content (AvgIpc) is 2.99. The van der Waals surface area contributed by atoms with Crippen LogP contribution in [0.3, 0.4) is 0 Å². The number of anilines is 1. The van der Waals surface area contributed by atoms with Gasteiger partial charge in [0.15, 0.2) is 0 Å². The molecule has 5 nitrogen and oxygen atoms in total. The lowest BCUT2D eigenvalue weighted by Gasteiger charge is -2.10. The van der Waals surface area contributed by atoms with E-state index < -0.39 is 23.1 Å². The van der Waals surface area contributed by atoms with Crippen LogP contribution in [0.25, 0.3) is 0 Å². The summed E-state index contributed by atoms with van der Waals surface area (Å²) in [6.07, 6.45) is 0.708. The summed E-state index contributed by atoms with van der Waals surface area (Å²) in [6, 6.07) is 5.40. The van der Waals surface area contributed by atoms with E-state index in [4.69, 9.17) is 5.73 Å². The fourth-order valence-electron chi connectivity index (χ4n) is 1.89. The molecule has 1 aromatic heterocycles. The van der Waals surface area contributed by atoms with Gasteiger partial charge in [0, 0.05) is 17.5 Å². The molecule has 0 aliphatic carbocycles. The van der Waals surface area contributed by atoms with Crippen molar-refractivity contribution in [1.29, 1.82) is 0 Å². The summed E-state index contributed by atoms with van der Waals surface area (Å²) >= 11 is 1.60.